The number of aliphatic carboxylic acids is 1. The van der Waals surface area contributed by atoms with E-state index in [9.17, 15) is 9.90 Å². The summed E-state index contributed by atoms with van der Waals surface area (Å²) < 4.78 is 0. The maximum absolute atomic E-state index is 11.5. The Morgan fingerprint density at radius 3 is 2.29 bits per heavy atom. The van der Waals surface area contributed by atoms with E-state index < -0.39 is 11.5 Å². The topological polar surface area (TPSA) is 49.3 Å². The van der Waals surface area contributed by atoms with Crippen molar-refractivity contribution in [3.63, 3.8) is 0 Å². The van der Waals surface area contributed by atoms with Crippen LogP contribution in [0.3, 0.4) is 0 Å². The number of hydrogen-bond donors (Lipinski definition) is 2. The van der Waals surface area contributed by atoms with Gasteiger partial charge in [0.05, 0.1) is 0 Å². The van der Waals surface area contributed by atoms with Crippen LogP contribution in [-0.2, 0) is 4.79 Å². The van der Waals surface area contributed by atoms with Crippen LogP contribution in [0.1, 0.15) is 58.3 Å². The van der Waals surface area contributed by atoms with E-state index in [1.165, 1.54) is 25.7 Å². The molecule has 0 saturated heterocycles. The molecular weight excluding hydrogens is 214 g/mol. The van der Waals surface area contributed by atoms with Crippen LogP contribution in [0.15, 0.2) is 0 Å². The first-order chi connectivity index (χ1) is 8.16. The predicted molar refractivity (Wildman–Crippen MR) is 68.0 cm³/mol. The molecule has 2 rings (SSSR count). The van der Waals surface area contributed by atoms with E-state index in [1.54, 1.807) is 0 Å². The van der Waals surface area contributed by atoms with Gasteiger partial charge in [0.2, 0.25) is 0 Å². The molecule has 0 amide bonds. The Hall–Kier alpha value is -0.570. The lowest BCUT2D eigenvalue weighted by molar-refractivity contribution is -0.147. The molecule has 0 aliphatic heterocycles. The fourth-order valence-corrected chi connectivity index (χ4v) is 3.08. The van der Waals surface area contributed by atoms with E-state index in [1.807, 2.05) is 0 Å². The second-order valence-electron chi connectivity index (χ2n) is 5.92. The largest absolute Gasteiger partial charge is 0.480 e. The van der Waals surface area contributed by atoms with Crippen molar-refractivity contribution < 1.29 is 9.90 Å². The van der Waals surface area contributed by atoms with Gasteiger partial charge in [-0.3, -0.25) is 4.79 Å². The smallest absolute Gasteiger partial charge is 0.323 e. The summed E-state index contributed by atoms with van der Waals surface area (Å²) in [6.45, 7) is 3.11. The van der Waals surface area contributed by atoms with E-state index in [4.69, 9.17) is 0 Å². The van der Waals surface area contributed by atoms with Gasteiger partial charge in [0.15, 0.2) is 0 Å². The molecule has 0 atom stereocenters. The number of nitrogens with one attached hydrogen (secondary N) is 1. The maximum atomic E-state index is 11.5. The first-order valence-corrected chi connectivity index (χ1v) is 7.14. The molecule has 2 saturated carbocycles. The molecular formula is C14H25NO2. The van der Waals surface area contributed by atoms with Crippen molar-refractivity contribution in [3.05, 3.63) is 0 Å². The van der Waals surface area contributed by atoms with Gasteiger partial charge in [-0.25, -0.2) is 0 Å². The third-order valence-electron chi connectivity index (χ3n) is 4.90. The van der Waals surface area contributed by atoms with Gasteiger partial charge in [-0.2, -0.15) is 0 Å². The average Bonchev–Trinajstić information content (AvgIpc) is 2.27. The molecule has 98 valence electrons. The summed E-state index contributed by atoms with van der Waals surface area (Å²) in [5.41, 5.74) is -0.610. The van der Waals surface area contributed by atoms with E-state index in [0.29, 0.717) is 0 Å². The van der Waals surface area contributed by atoms with Gasteiger partial charge in [-0.1, -0.05) is 19.8 Å². The van der Waals surface area contributed by atoms with Crippen molar-refractivity contribution in [1.29, 1.82) is 0 Å². The summed E-state index contributed by atoms with van der Waals surface area (Å²) in [7, 11) is 0. The Morgan fingerprint density at radius 2 is 1.88 bits per heavy atom. The van der Waals surface area contributed by atoms with Crippen molar-refractivity contribution in [2.45, 2.75) is 63.8 Å². The SMILES string of the molecule is CCC1CCC(NCC2CCC2)(C(=O)O)CC1. The fraction of sp³-hybridized carbons (Fsp3) is 0.929. The van der Waals surface area contributed by atoms with E-state index in [-0.39, 0.29) is 0 Å². The molecule has 0 aromatic rings. The number of hydrogen-bond acceptors (Lipinski definition) is 2. The molecule has 3 heteroatoms. The molecule has 0 aromatic carbocycles. The molecule has 0 spiro atoms. The van der Waals surface area contributed by atoms with Gasteiger partial charge in [-0.15, -0.1) is 0 Å². The normalized spacial score (nSPS) is 34.3. The van der Waals surface area contributed by atoms with Crippen molar-refractivity contribution in [2.24, 2.45) is 11.8 Å². The van der Waals surface area contributed by atoms with Crippen molar-refractivity contribution in [3.8, 4) is 0 Å². The Bertz CT molecular complexity index is 265. The maximum Gasteiger partial charge on any atom is 0.323 e. The van der Waals surface area contributed by atoms with Crippen LogP contribution >= 0.6 is 0 Å². The van der Waals surface area contributed by atoms with Gasteiger partial charge < -0.3 is 10.4 Å². The van der Waals surface area contributed by atoms with Crippen LogP contribution in [0, 0.1) is 11.8 Å². The summed E-state index contributed by atoms with van der Waals surface area (Å²) in [6, 6.07) is 0. The van der Waals surface area contributed by atoms with Gasteiger partial charge in [-0.05, 0) is 56.9 Å². The zero-order valence-corrected chi connectivity index (χ0v) is 10.9. The number of carboxylic acids is 1. The first kappa shape index (κ1) is 12.9. The highest BCUT2D eigenvalue weighted by Gasteiger charge is 2.41. The van der Waals surface area contributed by atoms with Gasteiger partial charge in [0, 0.05) is 0 Å². The Morgan fingerprint density at radius 1 is 1.24 bits per heavy atom. The average molecular weight is 239 g/mol. The Kier molecular flexibility index (Phi) is 4.08. The second kappa shape index (κ2) is 5.38. The number of rotatable bonds is 5. The number of carbonyl (C=O) groups is 1. The third-order valence-corrected chi connectivity index (χ3v) is 4.90. The highest BCUT2D eigenvalue weighted by Crippen LogP contribution is 2.35. The summed E-state index contributed by atoms with van der Waals surface area (Å²) in [5, 5.41) is 12.9. The Labute approximate surface area is 104 Å². The summed E-state index contributed by atoms with van der Waals surface area (Å²) >= 11 is 0. The molecule has 0 bridgehead atoms. The molecule has 2 fully saturated rings. The van der Waals surface area contributed by atoms with Gasteiger partial charge in [0.25, 0.3) is 0 Å². The van der Waals surface area contributed by atoms with E-state index in [2.05, 4.69) is 12.2 Å². The van der Waals surface area contributed by atoms with Crippen molar-refractivity contribution in [2.75, 3.05) is 6.54 Å². The minimum Gasteiger partial charge on any atom is -0.480 e. The number of carboxylic acid groups (broad SMARTS) is 1. The molecule has 2 N–H and O–H groups in total. The second-order valence-corrected chi connectivity index (χ2v) is 5.92. The molecule has 2 aliphatic rings. The summed E-state index contributed by atoms with van der Waals surface area (Å²) in [4.78, 5) is 11.5. The molecule has 0 unspecified atom stereocenters. The lowest BCUT2D eigenvalue weighted by Gasteiger charge is -2.39. The van der Waals surface area contributed by atoms with Crippen LogP contribution in [0.2, 0.25) is 0 Å². The van der Waals surface area contributed by atoms with Crippen LogP contribution in [0.4, 0.5) is 0 Å². The monoisotopic (exact) mass is 239 g/mol. The summed E-state index contributed by atoms with van der Waals surface area (Å²) in [6.07, 6.45) is 8.84. The quantitative estimate of drug-likeness (QED) is 0.775. The van der Waals surface area contributed by atoms with Gasteiger partial charge >= 0.3 is 5.97 Å². The fourth-order valence-electron chi connectivity index (χ4n) is 3.08. The van der Waals surface area contributed by atoms with Crippen LogP contribution < -0.4 is 5.32 Å². The molecule has 0 aromatic heterocycles. The lowest BCUT2D eigenvalue weighted by atomic mass is 9.75. The molecule has 0 radical (unpaired) electrons. The molecule has 2 aliphatic carbocycles. The minimum absolute atomic E-state index is 0.610. The Balaban J connectivity index is 1.88. The molecule has 17 heavy (non-hydrogen) atoms. The van der Waals surface area contributed by atoms with Crippen LogP contribution in [0.5, 0.6) is 0 Å². The van der Waals surface area contributed by atoms with Crippen molar-refractivity contribution in [1.82, 2.24) is 5.32 Å². The van der Waals surface area contributed by atoms with Crippen LogP contribution in [-0.4, -0.2) is 23.2 Å². The lowest BCUT2D eigenvalue weighted by Crippen LogP contribution is -2.55. The van der Waals surface area contributed by atoms with E-state index >= 15 is 0 Å². The highest BCUT2D eigenvalue weighted by molar-refractivity contribution is 5.78. The highest BCUT2D eigenvalue weighted by atomic mass is 16.4. The van der Waals surface area contributed by atoms with E-state index in [0.717, 1.165) is 44.1 Å². The molecule has 3 nitrogen and oxygen atoms in total. The standard InChI is InChI=1S/C14H25NO2/c1-2-11-6-8-14(9-7-11,13(16)17)15-10-12-4-3-5-12/h11-12,15H,2-10H2,1H3,(H,16,17). The minimum atomic E-state index is -0.633. The third kappa shape index (κ3) is 2.82. The zero-order valence-electron chi connectivity index (χ0n) is 10.9. The first-order valence-electron chi connectivity index (χ1n) is 7.14. The van der Waals surface area contributed by atoms with Crippen LogP contribution in [0.25, 0.3) is 0 Å². The predicted octanol–water partition coefficient (Wildman–Crippen LogP) is 2.80. The zero-order chi connectivity index (χ0) is 12.3. The summed E-state index contributed by atoms with van der Waals surface area (Å²) in [5.74, 6) is 0.842. The molecule has 0 heterocycles. The van der Waals surface area contributed by atoms with Gasteiger partial charge in [0.1, 0.15) is 5.54 Å². The van der Waals surface area contributed by atoms with Crippen molar-refractivity contribution >= 4 is 5.97 Å².